The third kappa shape index (κ3) is 0.455. The Morgan fingerprint density at radius 2 is 2.17 bits per heavy atom. The minimum absolute atomic E-state index is 0.0972. The quantitative estimate of drug-likeness (QED) is 0.460. The maximum atomic E-state index is 8.40. The van der Waals surface area contributed by atoms with E-state index in [1.165, 1.54) is 0 Å². The highest BCUT2D eigenvalue weighted by Gasteiger charge is 2.25. The van der Waals surface area contributed by atoms with Gasteiger partial charge in [-0.1, -0.05) is 19.1 Å². The van der Waals surface area contributed by atoms with Gasteiger partial charge in [0, 0.05) is 5.41 Å². The zero-order chi connectivity index (χ0) is 4.62. The van der Waals surface area contributed by atoms with E-state index in [1.54, 1.807) is 0 Å². The summed E-state index contributed by atoms with van der Waals surface area (Å²) in [6.45, 7) is 2.26. The molecule has 0 aromatic carbocycles. The Bertz CT molecular complexity index is 77.9. The first-order valence-electron chi connectivity index (χ1n) is 2.08. The average molecular weight is 84.1 g/mol. The third-order valence-corrected chi connectivity index (χ3v) is 1.08. The molecule has 0 aromatic heterocycles. The number of aliphatic hydroxyl groups is 1. The van der Waals surface area contributed by atoms with Gasteiger partial charge in [0.25, 0.3) is 0 Å². The van der Waals surface area contributed by atoms with E-state index in [9.17, 15) is 0 Å². The van der Waals surface area contributed by atoms with Crippen molar-refractivity contribution in [1.29, 1.82) is 0 Å². The summed E-state index contributed by atoms with van der Waals surface area (Å²) < 4.78 is 0. The Kier molecular flexibility index (Phi) is 0.549. The van der Waals surface area contributed by atoms with E-state index in [2.05, 4.69) is 0 Å². The maximum Gasteiger partial charge on any atom is 0.0554 e. The van der Waals surface area contributed by atoms with Gasteiger partial charge in [0.05, 0.1) is 6.61 Å². The van der Waals surface area contributed by atoms with Gasteiger partial charge in [0.2, 0.25) is 0 Å². The Morgan fingerprint density at radius 3 is 2.17 bits per heavy atom. The summed E-state index contributed by atoms with van der Waals surface area (Å²) in [6, 6.07) is 0. The summed E-state index contributed by atoms with van der Waals surface area (Å²) in [6.07, 6.45) is 3.99. The molecule has 1 heteroatoms. The van der Waals surface area contributed by atoms with Crippen LogP contribution in [0.1, 0.15) is 6.92 Å². The second-order valence-electron chi connectivity index (χ2n) is 2.00. The molecule has 1 rings (SSSR count). The first-order chi connectivity index (χ1) is 2.77. The molecule has 0 atom stereocenters. The van der Waals surface area contributed by atoms with E-state index >= 15 is 0 Å². The Balaban J connectivity index is 2.32. The monoisotopic (exact) mass is 84.1 g/mol. The predicted octanol–water partition coefficient (Wildman–Crippen LogP) is 0.555. The van der Waals surface area contributed by atoms with Gasteiger partial charge >= 0.3 is 0 Å². The minimum Gasteiger partial charge on any atom is -0.395 e. The third-order valence-electron chi connectivity index (χ3n) is 1.08. The molecule has 0 saturated heterocycles. The van der Waals surface area contributed by atoms with Crippen LogP contribution >= 0.6 is 0 Å². The molecule has 0 amide bonds. The van der Waals surface area contributed by atoms with Crippen LogP contribution in [0.2, 0.25) is 0 Å². The first-order valence-corrected chi connectivity index (χ1v) is 2.08. The van der Waals surface area contributed by atoms with Crippen LogP contribution in [0.3, 0.4) is 0 Å². The molecule has 0 saturated carbocycles. The van der Waals surface area contributed by atoms with Gasteiger partial charge in [-0.3, -0.25) is 0 Å². The van der Waals surface area contributed by atoms with Crippen LogP contribution in [-0.4, -0.2) is 11.7 Å². The largest absolute Gasteiger partial charge is 0.395 e. The molecule has 0 aliphatic heterocycles. The Labute approximate surface area is 37.3 Å². The molecule has 1 nitrogen and oxygen atoms in total. The summed E-state index contributed by atoms with van der Waals surface area (Å²) in [7, 11) is 0. The van der Waals surface area contributed by atoms with E-state index in [1.807, 2.05) is 19.1 Å². The molecule has 0 fully saturated rings. The second-order valence-corrected chi connectivity index (χ2v) is 2.00. The van der Waals surface area contributed by atoms with Crippen LogP contribution in [-0.2, 0) is 0 Å². The number of hydrogen-bond donors (Lipinski definition) is 1. The standard InChI is InChI=1S/C5H8O/c1-5(4-6)2-3-5/h2-3,6H,4H2,1H3. The fourth-order valence-corrected chi connectivity index (χ4v) is 0.248. The SMILES string of the molecule is CC1(CO)C=C1. The van der Waals surface area contributed by atoms with Crippen LogP contribution in [0.15, 0.2) is 12.2 Å². The van der Waals surface area contributed by atoms with Crippen molar-refractivity contribution in [3.8, 4) is 0 Å². The lowest BCUT2D eigenvalue weighted by Crippen LogP contribution is -1.99. The van der Waals surface area contributed by atoms with Gasteiger partial charge in [-0.15, -0.1) is 0 Å². The van der Waals surface area contributed by atoms with Crippen molar-refractivity contribution in [2.45, 2.75) is 6.92 Å². The molecule has 0 radical (unpaired) electrons. The van der Waals surface area contributed by atoms with Crippen molar-refractivity contribution < 1.29 is 5.11 Å². The molecule has 0 bridgehead atoms. The highest BCUT2D eigenvalue weighted by Crippen LogP contribution is 2.31. The molecular formula is C5H8O. The zero-order valence-electron chi connectivity index (χ0n) is 3.81. The van der Waals surface area contributed by atoms with E-state index in [-0.39, 0.29) is 12.0 Å². The Hall–Kier alpha value is -0.300. The highest BCUT2D eigenvalue weighted by molar-refractivity contribution is 5.23. The van der Waals surface area contributed by atoms with Crippen molar-refractivity contribution in [2.24, 2.45) is 5.41 Å². The van der Waals surface area contributed by atoms with Crippen LogP contribution < -0.4 is 0 Å². The normalized spacial score (nSPS) is 24.3. The smallest absolute Gasteiger partial charge is 0.0554 e. The maximum absolute atomic E-state index is 8.40. The van der Waals surface area contributed by atoms with E-state index < -0.39 is 0 Å². The molecular weight excluding hydrogens is 76.1 g/mol. The lowest BCUT2D eigenvalue weighted by molar-refractivity contribution is 0.240. The lowest BCUT2D eigenvalue weighted by atomic mass is 10.1. The molecule has 1 aliphatic rings. The van der Waals surface area contributed by atoms with Crippen molar-refractivity contribution in [2.75, 3.05) is 6.61 Å². The zero-order valence-corrected chi connectivity index (χ0v) is 3.81. The van der Waals surface area contributed by atoms with Crippen molar-refractivity contribution >= 4 is 0 Å². The number of aliphatic hydroxyl groups excluding tert-OH is 1. The van der Waals surface area contributed by atoms with Gasteiger partial charge in [-0.25, -0.2) is 0 Å². The summed E-state index contributed by atoms with van der Waals surface area (Å²) >= 11 is 0. The lowest BCUT2D eigenvalue weighted by Gasteiger charge is -1.97. The fourth-order valence-electron chi connectivity index (χ4n) is 0.248. The van der Waals surface area contributed by atoms with E-state index in [0.717, 1.165) is 0 Å². The molecule has 34 valence electrons. The van der Waals surface area contributed by atoms with Gasteiger partial charge in [0.15, 0.2) is 0 Å². The van der Waals surface area contributed by atoms with E-state index in [4.69, 9.17) is 5.11 Å². The van der Waals surface area contributed by atoms with Gasteiger partial charge in [-0.2, -0.15) is 0 Å². The van der Waals surface area contributed by atoms with Crippen LogP contribution in [0.4, 0.5) is 0 Å². The average Bonchev–Trinajstić information content (AvgIpc) is 2.22. The Morgan fingerprint density at radius 1 is 1.67 bits per heavy atom. The molecule has 1 N–H and O–H groups in total. The summed E-state index contributed by atoms with van der Waals surface area (Å²) in [5, 5.41) is 8.40. The van der Waals surface area contributed by atoms with Crippen molar-refractivity contribution in [3.05, 3.63) is 12.2 Å². The second kappa shape index (κ2) is 0.850. The molecule has 6 heavy (non-hydrogen) atoms. The van der Waals surface area contributed by atoms with E-state index in [0.29, 0.717) is 0 Å². The summed E-state index contributed by atoms with van der Waals surface area (Å²) in [5.41, 5.74) is 0.0972. The molecule has 0 spiro atoms. The number of hydrogen-bond acceptors (Lipinski definition) is 1. The van der Waals surface area contributed by atoms with Crippen LogP contribution in [0.5, 0.6) is 0 Å². The highest BCUT2D eigenvalue weighted by atomic mass is 16.3. The molecule has 0 aromatic rings. The van der Waals surface area contributed by atoms with Gasteiger partial charge in [-0.05, 0) is 0 Å². The predicted molar refractivity (Wildman–Crippen MR) is 24.3 cm³/mol. The van der Waals surface area contributed by atoms with Gasteiger partial charge in [0.1, 0.15) is 0 Å². The first kappa shape index (κ1) is 3.88. The molecule has 1 aliphatic carbocycles. The van der Waals surface area contributed by atoms with Crippen LogP contribution in [0, 0.1) is 5.41 Å². The summed E-state index contributed by atoms with van der Waals surface area (Å²) in [5.74, 6) is 0. The minimum atomic E-state index is 0.0972. The van der Waals surface area contributed by atoms with Gasteiger partial charge < -0.3 is 5.11 Å². The summed E-state index contributed by atoms with van der Waals surface area (Å²) in [4.78, 5) is 0. The fraction of sp³-hybridized carbons (Fsp3) is 0.600. The molecule has 0 heterocycles. The van der Waals surface area contributed by atoms with Crippen molar-refractivity contribution in [3.63, 3.8) is 0 Å². The van der Waals surface area contributed by atoms with Crippen LogP contribution in [0.25, 0.3) is 0 Å². The van der Waals surface area contributed by atoms with Crippen molar-refractivity contribution in [1.82, 2.24) is 0 Å². The number of rotatable bonds is 1. The topological polar surface area (TPSA) is 20.2 Å². The molecule has 0 unspecified atom stereocenters.